The van der Waals surface area contributed by atoms with Crippen LogP contribution in [0.15, 0.2) is 48.1 Å². The minimum absolute atomic E-state index is 0.121. The van der Waals surface area contributed by atoms with Crippen molar-refractivity contribution in [1.29, 1.82) is 0 Å². The third kappa shape index (κ3) is 6.91. The van der Waals surface area contributed by atoms with Crippen LogP contribution in [0.2, 0.25) is 0 Å². The first-order valence-corrected chi connectivity index (χ1v) is 14.7. The van der Waals surface area contributed by atoms with E-state index in [4.69, 9.17) is 18.9 Å². The van der Waals surface area contributed by atoms with Gasteiger partial charge in [0, 0.05) is 37.4 Å². The van der Waals surface area contributed by atoms with E-state index < -0.39 is 11.6 Å². The molecular formula is C31H34N4O7S. The van der Waals surface area contributed by atoms with E-state index in [0.717, 1.165) is 11.1 Å². The first kappa shape index (κ1) is 29.9. The molecular weight excluding hydrogens is 572 g/mol. The zero-order valence-electron chi connectivity index (χ0n) is 24.7. The molecule has 2 N–H and O–H groups in total. The second kappa shape index (κ2) is 12.3. The summed E-state index contributed by atoms with van der Waals surface area (Å²) in [4.78, 5) is 34.8. The Morgan fingerprint density at radius 1 is 0.977 bits per heavy atom. The van der Waals surface area contributed by atoms with Gasteiger partial charge in [0.2, 0.25) is 0 Å². The molecule has 1 aliphatic heterocycles. The fourth-order valence-electron chi connectivity index (χ4n) is 4.79. The van der Waals surface area contributed by atoms with Crippen molar-refractivity contribution in [3.63, 3.8) is 0 Å². The molecule has 0 spiro atoms. The summed E-state index contributed by atoms with van der Waals surface area (Å²) < 4.78 is 23.1. The molecule has 5 rings (SSSR count). The van der Waals surface area contributed by atoms with Crippen LogP contribution >= 0.6 is 11.3 Å². The maximum Gasteiger partial charge on any atom is 0.410 e. The Hall–Kier alpha value is -4.58. The largest absolute Gasteiger partial charge is 0.495 e. The minimum atomic E-state index is -0.961. The highest BCUT2D eigenvalue weighted by Gasteiger charge is 2.28. The predicted octanol–water partition coefficient (Wildman–Crippen LogP) is 6.60. The van der Waals surface area contributed by atoms with Crippen LogP contribution < -0.4 is 19.5 Å². The Morgan fingerprint density at radius 2 is 1.72 bits per heavy atom. The number of amides is 1. The molecule has 11 nitrogen and oxygen atoms in total. The molecule has 1 saturated heterocycles. The molecule has 1 aliphatic rings. The fourth-order valence-corrected chi connectivity index (χ4v) is 5.54. The summed E-state index contributed by atoms with van der Waals surface area (Å²) in [5.41, 5.74) is 2.37. The number of carbonyl (C=O) groups is 2. The van der Waals surface area contributed by atoms with Crippen molar-refractivity contribution in [1.82, 2.24) is 14.9 Å². The lowest BCUT2D eigenvalue weighted by Crippen LogP contribution is -2.44. The lowest BCUT2D eigenvalue weighted by molar-refractivity contribution is 0.0124. The number of carbonyl (C=O) groups excluding carboxylic acids is 1. The molecule has 0 atom stereocenters. The van der Waals surface area contributed by atoms with E-state index in [1.165, 1.54) is 17.7 Å². The van der Waals surface area contributed by atoms with Crippen LogP contribution in [0.1, 0.15) is 43.3 Å². The van der Waals surface area contributed by atoms with E-state index in [1.807, 2.05) is 50.4 Å². The van der Waals surface area contributed by atoms with Gasteiger partial charge >= 0.3 is 12.1 Å². The fraction of sp³-hybridized carbons (Fsp3) is 0.355. The van der Waals surface area contributed by atoms with Crippen LogP contribution in [0.3, 0.4) is 0 Å². The summed E-state index contributed by atoms with van der Waals surface area (Å²) in [6.07, 6.45) is 2.32. The van der Waals surface area contributed by atoms with Gasteiger partial charge in [-0.15, -0.1) is 11.3 Å². The van der Waals surface area contributed by atoms with Crippen molar-refractivity contribution < 1.29 is 33.6 Å². The second-order valence-corrected chi connectivity index (χ2v) is 12.0. The lowest BCUT2D eigenvalue weighted by Gasteiger charge is -2.33. The van der Waals surface area contributed by atoms with E-state index in [1.54, 1.807) is 31.3 Å². The second-order valence-electron chi connectivity index (χ2n) is 11.1. The van der Waals surface area contributed by atoms with Crippen molar-refractivity contribution in [3.05, 3.63) is 53.0 Å². The molecule has 2 aromatic carbocycles. The number of aromatic carboxylic acids is 1. The molecule has 2 aromatic heterocycles. The van der Waals surface area contributed by atoms with Crippen LogP contribution in [0.25, 0.3) is 22.0 Å². The van der Waals surface area contributed by atoms with Crippen molar-refractivity contribution in [2.75, 3.05) is 32.6 Å². The van der Waals surface area contributed by atoms with Crippen LogP contribution in [-0.4, -0.2) is 71.1 Å². The molecule has 0 saturated carbocycles. The first-order chi connectivity index (χ1) is 20.5. The van der Waals surface area contributed by atoms with E-state index >= 15 is 0 Å². The topological polar surface area (TPSA) is 132 Å². The summed E-state index contributed by atoms with van der Waals surface area (Å²) in [5, 5.41) is 15.2. The zero-order valence-corrected chi connectivity index (χ0v) is 25.5. The van der Waals surface area contributed by atoms with Gasteiger partial charge in [-0.2, -0.15) is 0 Å². The number of nitrogens with zero attached hydrogens (tertiary/aromatic N) is 3. The summed E-state index contributed by atoms with van der Waals surface area (Å²) in [6, 6.07) is 10.9. The van der Waals surface area contributed by atoms with Crippen molar-refractivity contribution in [2.24, 2.45) is 0 Å². The number of fused-ring (bicyclic) bond motifs is 1. The van der Waals surface area contributed by atoms with E-state index in [-0.39, 0.29) is 17.1 Å². The van der Waals surface area contributed by atoms with Gasteiger partial charge in [0.05, 0.1) is 25.4 Å². The van der Waals surface area contributed by atoms with Gasteiger partial charge in [0.1, 0.15) is 34.5 Å². The zero-order chi connectivity index (χ0) is 30.7. The van der Waals surface area contributed by atoms with Crippen molar-refractivity contribution >= 4 is 45.8 Å². The lowest BCUT2D eigenvalue weighted by atomic mass is 10.1. The monoisotopic (exact) mass is 606 g/mol. The van der Waals surface area contributed by atoms with Gasteiger partial charge in [-0.05, 0) is 61.5 Å². The summed E-state index contributed by atoms with van der Waals surface area (Å²) in [5.74, 6) is 1.24. The molecule has 4 aromatic rings. The van der Waals surface area contributed by atoms with Gasteiger partial charge < -0.3 is 34.3 Å². The molecule has 12 heteroatoms. The highest BCUT2D eigenvalue weighted by Crippen LogP contribution is 2.39. The van der Waals surface area contributed by atoms with Crippen LogP contribution in [0.4, 0.5) is 16.3 Å². The van der Waals surface area contributed by atoms with Crippen LogP contribution in [0, 0.1) is 0 Å². The number of methoxy groups -OCH3 is 2. The highest BCUT2D eigenvalue weighted by atomic mass is 32.1. The Morgan fingerprint density at radius 3 is 2.37 bits per heavy atom. The number of hydrogen-bond acceptors (Lipinski definition) is 10. The summed E-state index contributed by atoms with van der Waals surface area (Å²) in [7, 11) is 3.16. The number of thiophene rings is 1. The van der Waals surface area contributed by atoms with Gasteiger partial charge in [-0.25, -0.2) is 19.6 Å². The number of carboxylic acids is 1. The molecule has 0 aliphatic carbocycles. The molecule has 0 bridgehead atoms. The minimum Gasteiger partial charge on any atom is -0.495 e. The number of aromatic nitrogens is 2. The molecule has 0 radical (unpaired) electrons. The molecule has 3 heterocycles. The number of piperidine rings is 1. The molecule has 1 amide bonds. The quantitative estimate of drug-likeness (QED) is 0.226. The Balaban J connectivity index is 1.39. The van der Waals surface area contributed by atoms with Crippen molar-refractivity contribution in [3.8, 4) is 28.4 Å². The number of rotatable bonds is 8. The van der Waals surface area contributed by atoms with Gasteiger partial charge in [0.15, 0.2) is 11.5 Å². The number of carboxylic acid groups (broad SMARTS) is 1. The SMILES string of the molecule is COc1ccc(-c2csc(C(=O)O)c2)cc1Nc1ncnc2cc(OC)c(OC3CCN(C(=O)OC(C)(C)C)CC3)cc12. The average Bonchev–Trinajstić information content (AvgIpc) is 3.48. The molecule has 1 fully saturated rings. The smallest absolute Gasteiger partial charge is 0.410 e. The third-order valence-electron chi connectivity index (χ3n) is 6.90. The number of nitrogens with one attached hydrogen (secondary N) is 1. The van der Waals surface area contributed by atoms with E-state index in [9.17, 15) is 14.7 Å². The molecule has 0 unspecified atom stereocenters. The van der Waals surface area contributed by atoms with Crippen LogP contribution in [-0.2, 0) is 4.74 Å². The van der Waals surface area contributed by atoms with Gasteiger partial charge in [-0.1, -0.05) is 6.07 Å². The number of benzene rings is 2. The van der Waals surface area contributed by atoms with Gasteiger partial charge in [0.25, 0.3) is 0 Å². The number of hydrogen-bond donors (Lipinski definition) is 2. The Bertz CT molecular complexity index is 1640. The highest BCUT2D eigenvalue weighted by molar-refractivity contribution is 7.12. The number of anilines is 2. The predicted molar refractivity (Wildman–Crippen MR) is 164 cm³/mol. The van der Waals surface area contributed by atoms with E-state index in [0.29, 0.717) is 65.6 Å². The van der Waals surface area contributed by atoms with Crippen molar-refractivity contribution in [2.45, 2.75) is 45.3 Å². The maximum absolute atomic E-state index is 12.5. The normalized spacial score (nSPS) is 13.9. The number of likely N-dealkylation sites (tertiary alicyclic amines) is 1. The summed E-state index contributed by atoms with van der Waals surface area (Å²) >= 11 is 1.17. The Kier molecular flexibility index (Phi) is 8.58. The Labute approximate surface area is 253 Å². The maximum atomic E-state index is 12.5. The summed E-state index contributed by atoms with van der Waals surface area (Å²) in [6.45, 7) is 6.62. The molecule has 43 heavy (non-hydrogen) atoms. The van der Waals surface area contributed by atoms with Crippen LogP contribution in [0.5, 0.6) is 17.2 Å². The molecule has 226 valence electrons. The van der Waals surface area contributed by atoms with Gasteiger partial charge in [-0.3, -0.25) is 0 Å². The first-order valence-electron chi connectivity index (χ1n) is 13.8. The average molecular weight is 607 g/mol. The number of ether oxygens (including phenoxy) is 4. The third-order valence-corrected chi connectivity index (χ3v) is 7.82. The standard InChI is InChI=1S/C31H34N4O7S/c1-31(2,3)42-30(38)35-10-8-20(9-11-35)41-26-14-21-22(15-25(26)40-5)32-17-33-28(21)34-23-12-18(6-7-24(23)39-4)19-13-27(29(36)37)43-16-19/h6-7,12-17,20H,8-11H2,1-5H3,(H,36,37)(H,32,33,34). The van der Waals surface area contributed by atoms with E-state index in [2.05, 4.69) is 15.3 Å².